The molecule has 2 N–H and O–H groups in total. The van der Waals surface area contributed by atoms with E-state index in [1.807, 2.05) is 0 Å². The molecular weight excluding hydrogens is 331 g/mol. The number of rotatable bonds is 4. The lowest BCUT2D eigenvalue weighted by Crippen LogP contribution is -2.54. The zero-order valence-electron chi connectivity index (χ0n) is 12.5. The normalized spacial score (nSPS) is 18.2. The number of halogens is 3. The number of nitro groups is 1. The van der Waals surface area contributed by atoms with Gasteiger partial charge in [-0.1, -0.05) is 12.1 Å². The summed E-state index contributed by atoms with van der Waals surface area (Å²) in [6.07, 6.45) is -5.74. The first-order valence-electron chi connectivity index (χ1n) is 7.17. The first-order chi connectivity index (χ1) is 11.1. The number of nitrogens with zero attached hydrogens (tertiary/aromatic N) is 2. The predicted molar refractivity (Wildman–Crippen MR) is 78.4 cm³/mol. The maximum absolute atomic E-state index is 12.7. The van der Waals surface area contributed by atoms with E-state index < -0.39 is 35.4 Å². The molecule has 24 heavy (non-hydrogen) atoms. The molecule has 1 aliphatic rings. The molecule has 1 aliphatic heterocycles. The Kier molecular flexibility index (Phi) is 5.09. The van der Waals surface area contributed by atoms with Gasteiger partial charge in [-0.2, -0.15) is 13.2 Å². The fourth-order valence-electron chi connectivity index (χ4n) is 2.50. The van der Waals surface area contributed by atoms with Crippen LogP contribution in [0.3, 0.4) is 0 Å². The summed E-state index contributed by atoms with van der Waals surface area (Å²) < 4.78 is 38.1. The van der Waals surface area contributed by atoms with Crippen LogP contribution in [-0.2, 0) is 4.79 Å². The molecule has 0 unspecified atom stereocenters. The highest BCUT2D eigenvalue weighted by Crippen LogP contribution is 2.38. The molecule has 1 aromatic rings. The van der Waals surface area contributed by atoms with Gasteiger partial charge in [0, 0.05) is 19.2 Å². The summed E-state index contributed by atoms with van der Waals surface area (Å²) in [5.41, 5.74) is -2.97. The van der Waals surface area contributed by atoms with Gasteiger partial charge < -0.3 is 10.4 Å². The molecule has 1 aromatic carbocycles. The summed E-state index contributed by atoms with van der Waals surface area (Å²) in [5, 5.41) is 22.8. The molecule has 0 bridgehead atoms. The third-order valence-corrected chi connectivity index (χ3v) is 3.95. The van der Waals surface area contributed by atoms with Gasteiger partial charge in [0.2, 0.25) is 5.91 Å². The van der Waals surface area contributed by atoms with Gasteiger partial charge in [-0.25, -0.2) is 0 Å². The van der Waals surface area contributed by atoms with Crippen molar-refractivity contribution in [1.82, 2.24) is 4.90 Å². The second kappa shape index (κ2) is 6.73. The summed E-state index contributed by atoms with van der Waals surface area (Å²) in [4.78, 5) is 23.6. The Hall–Kier alpha value is -2.20. The van der Waals surface area contributed by atoms with Crippen LogP contribution >= 0.6 is 0 Å². The molecule has 0 saturated carbocycles. The largest absolute Gasteiger partial charge is 0.417 e. The number of benzene rings is 1. The maximum Gasteiger partial charge on any atom is 0.417 e. The van der Waals surface area contributed by atoms with Crippen LogP contribution in [0.4, 0.5) is 24.5 Å². The molecule has 1 fully saturated rings. The van der Waals surface area contributed by atoms with E-state index in [2.05, 4.69) is 5.32 Å². The molecule has 10 heteroatoms. The highest BCUT2D eigenvalue weighted by Gasteiger charge is 2.54. The lowest BCUT2D eigenvalue weighted by Gasteiger charge is -2.38. The van der Waals surface area contributed by atoms with Crippen molar-refractivity contribution in [1.29, 1.82) is 0 Å². The molecule has 0 spiro atoms. The van der Waals surface area contributed by atoms with Crippen LogP contribution in [0.25, 0.3) is 0 Å². The maximum atomic E-state index is 12.7. The number of aliphatic hydroxyl groups is 1. The van der Waals surface area contributed by atoms with Crippen LogP contribution in [0.15, 0.2) is 24.3 Å². The fraction of sp³-hybridized carbons (Fsp3) is 0.500. The minimum atomic E-state index is -4.70. The number of nitro benzene ring substituents is 1. The number of carbonyl (C=O) groups excluding carboxylic acids is 1. The van der Waals surface area contributed by atoms with Gasteiger partial charge in [-0.05, 0) is 18.9 Å². The summed E-state index contributed by atoms with van der Waals surface area (Å²) in [7, 11) is 0. The van der Waals surface area contributed by atoms with E-state index in [1.165, 1.54) is 29.2 Å². The second-order valence-corrected chi connectivity index (χ2v) is 5.63. The number of piperidine rings is 1. The van der Waals surface area contributed by atoms with Gasteiger partial charge in [0.05, 0.1) is 11.5 Å². The minimum Gasteiger partial charge on any atom is -0.380 e. The van der Waals surface area contributed by atoms with E-state index in [-0.39, 0.29) is 31.0 Å². The zero-order chi connectivity index (χ0) is 18.0. The number of alkyl halides is 3. The molecule has 0 aliphatic carbocycles. The van der Waals surface area contributed by atoms with Gasteiger partial charge in [-0.15, -0.1) is 0 Å². The molecule has 1 saturated heterocycles. The third-order valence-electron chi connectivity index (χ3n) is 3.95. The Labute approximate surface area is 135 Å². The highest BCUT2D eigenvalue weighted by atomic mass is 19.4. The van der Waals surface area contributed by atoms with Crippen molar-refractivity contribution in [3.8, 4) is 0 Å². The quantitative estimate of drug-likeness (QED) is 0.641. The van der Waals surface area contributed by atoms with E-state index in [0.717, 1.165) is 0 Å². The number of nitrogens with one attached hydrogen (secondary N) is 1. The van der Waals surface area contributed by atoms with Crippen LogP contribution in [0.1, 0.15) is 12.8 Å². The van der Waals surface area contributed by atoms with Crippen LogP contribution < -0.4 is 5.32 Å². The van der Waals surface area contributed by atoms with Gasteiger partial charge in [-0.3, -0.25) is 19.8 Å². The molecule has 0 atom stereocenters. The number of anilines is 1. The number of carbonyl (C=O) groups is 1. The van der Waals surface area contributed by atoms with E-state index in [9.17, 15) is 33.2 Å². The smallest absolute Gasteiger partial charge is 0.380 e. The van der Waals surface area contributed by atoms with Gasteiger partial charge >= 0.3 is 6.18 Å². The number of para-hydroxylation sites is 2. The zero-order valence-corrected chi connectivity index (χ0v) is 12.5. The van der Waals surface area contributed by atoms with Crippen molar-refractivity contribution in [2.45, 2.75) is 24.6 Å². The Morgan fingerprint density at radius 2 is 1.92 bits per heavy atom. The monoisotopic (exact) mass is 347 g/mol. The Morgan fingerprint density at radius 1 is 1.33 bits per heavy atom. The van der Waals surface area contributed by atoms with Crippen molar-refractivity contribution in [2.75, 3.05) is 25.0 Å². The van der Waals surface area contributed by atoms with Crippen molar-refractivity contribution in [3.63, 3.8) is 0 Å². The lowest BCUT2D eigenvalue weighted by atomic mass is 9.91. The van der Waals surface area contributed by atoms with E-state index in [1.54, 1.807) is 0 Å². The number of hydrogen-bond acceptors (Lipinski definition) is 5. The van der Waals surface area contributed by atoms with Crippen LogP contribution in [-0.4, -0.2) is 52.2 Å². The Bertz CT molecular complexity index is 628. The average Bonchev–Trinajstić information content (AvgIpc) is 2.49. The molecule has 2 rings (SSSR count). The average molecular weight is 347 g/mol. The molecule has 0 aromatic heterocycles. The van der Waals surface area contributed by atoms with E-state index in [4.69, 9.17) is 0 Å². The summed E-state index contributed by atoms with van der Waals surface area (Å²) >= 11 is 0. The SMILES string of the molecule is O=C(CN1CCC(O)(C(F)(F)F)CC1)Nc1ccccc1[N+](=O)[O-]. The standard InChI is InChI=1S/C14H16F3N3O4/c15-14(16,17)13(22)5-7-19(8-6-13)9-12(21)18-10-3-1-2-4-11(10)20(23)24/h1-4,22H,5-9H2,(H,18,21). The van der Waals surface area contributed by atoms with Crippen LogP contribution in [0.2, 0.25) is 0 Å². The Balaban J connectivity index is 1.92. The van der Waals surface area contributed by atoms with Crippen molar-refractivity contribution < 1.29 is 28.0 Å². The molecule has 1 heterocycles. The fourth-order valence-corrected chi connectivity index (χ4v) is 2.50. The first kappa shape index (κ1) is 18.1. The summed E-state index contributed by atoms with van der Waals surface area (Å²) in [6, 6.07) is 5.58. The summed E-state index contributed by atoms with van der Waals surface area (Å²) in [6.45, 7) is -0.402. The van der Waals surface area contributed by atoms with Gasteiger partial charge in [0.15, 0.2) is 5.60 Å². The molecule has 1 amide bonds. The summed E-state index contributed by atoms with van der Waals surface area (Å²) in [5.74, 6) is -0.568. The highest BCUT2D eigenvalue weighted by molar-refractivity contribution is 5.94. The third kappa shape index (κ3) is 4.01. The number of hydrogen-bond donors (Lipinski definition) is 2. The minimum absolute atomic E-state index is 0.0244. The topological polar surface area (TPSA) is 95.7 Å². The Morgan fingerprint density at radius 3 is 2.46 bits per heavy atom. The molecular formula is C14H16F3N3O4. The molecule has 0 radical (unpaired) electrons. The molecule has 7 nitrogen and oxygen atoms in total. The lowest BCUT2D eigenvalue weighted by molar-refractivity contribution is -0.383. The van der Waals surface area contributed by atoms with Crippen LogP contribution in [0, 0.1) is 10.1 Å². The van der Waals surface area contributed by atoms with E-state index >= 15 is 0 Å². The predicted octanol–water partition coefficient (Wildman–Crippen LogP) is 1.92. The van der Waals surface area contributed by atoms with Crippen molar-refractivity contribution >= 4 is 17.3 Å². The second-order valence-electron chi connectivity index (χ2n) is 5.63. The van der Waals surface area contributed by atoms with Crippen molar-refractivity contribution in [2.24, 2.45) is 0 Å². The van der Waals surface area contributed by atoms with E-state index in [0.29, 0.717) is 0 Å². The number of likely N-dealkylation sites (tertiary alicyclic amines) is 1. The van der Waals surface area contributed by atoms with Gasteiger partial charge in [0.25, 0.3) is 5.69 Å². The van der Waals surface area contributed by atoms with Crippen molar-refractivity contribution in [3.05, 3.63) is 34.4 Å². The molecule has 132 valence electrons. The number of amides is 1. The van der Waals surface area contributed by atoms with Gasteiger partial charge in [0.1, 0.15) is 5.69 Å². The first-order valence-corrected chi connectivity index (χ1v) is 7.17. The van der Waals surface area contributed by atoms with Crippen LogP contribution in [0.5, 0.6) is 0 Å².